The number of amides is 1. The number of methoxy groups -OCH3 is 1. The maximum absolute atomic E-state index is 11.5. The molecule has 0 unspecified atom stereocenters. The SMILES string of the molecule is COc1ccc(CNCC(=O)NCCC(C)C)cc1. The van der Waals surface area contributed by atoms with Crippen LogP contribution in [0.4, 0.5) is 0 Å². The molecule has 0 fully saturated rings. The minimum absolute atomic E-state index is 0.0501. The van der Waals surface area contributed by atoms with Gasteiger partial charge in [-0.25, -0.2) is 0 Å². The molecule has 1 aromatic carbocycles. The molecule has 0 aromatic heterocycles. The molecule has 4 nitrogen and oxygen atoms in total. The lowest BCUT2D eigenvalue weighted by molar-refractivity contribution is -0.120. The maximum atomic E-state index is 11.5. The molecule has 0 bridgehead atoms. The highest BCUT2D eigenvalue weighted by Crippen LogP contribution is 2.10. The summed E-state index contributed by atoms with van der Waals surface area (Å²) in [5.74, 6) is 1.51. The third kappa shape index (κ3) is 6.82. The normalized spacial score (nSPS) is 10.5. The van der Waals surface area contributed by atoms with Crippen molar-refractivity contribution < 1.29 is 9.53 Å². The predicted molar refractivity (Wildman–Crippen MR) is 77.2 cm³/mol. The van der Waals surface area contributed by atoms with E-state index in [4.69, 9.17) is 4.74 Å². The van der Waals surface area contributed by atoms with Crippen molar-refractivity contribution in [3.63, 3.8) is 0 Å². The fourth-order valence-electron chi connectivity index (χ4n) is 1.63. The maximum Gasteiger partial charge on any atom is 0.233 e. The Morgan fingerprint density at radius 1 is 1.26 bits per heavy atom. The van der Waals surface area contributed by atoms with Crippen molar-refractivity contribution in [1.82, 2.24) is 10.6 Å². The van der Waals surface area contributed by atoms with Gasteiger partial charge in [0.2, 0.25) is 5.91 Å². The Morgan fingerprint density at radius 3 is 2.53 bits per heavy atom. The zero-order valence-corrected chi connectivity index (χ0v) is 12.0. The first-order valence-electron chi connectivity index (χ1n) is 6.72. The first kappa shape index (κ1) is 15.5. The Morgan fingerprint density at radius 2 is 1.95 bits per heavy atom. The molecule has 0 spiro atoms. The van der Waals surface area contributed by atoms with Gasteiger partial charge in [-0.2, -0.15) is 0 Å². The average Bonchev–Trinajstić information content (AvgIpc) is 2.39. The monoisotopic (exact) mass is 264 g/mol. The number of benzene rings is 1. The van der Waals surface area contributed by atoms with Crippen LogP contribution in [0, 0.1) is 5.92 Å². The molecule has 0 aliphatic carbocycles. The largest absolute Gasteiger partial charge is 0.497 e. The van der Waals surface area contributed by atoms with Crippen molar-refractivity contribution in [1.29, 1.82) is 0 Å². The van der Waals surface area contributed by atoms with Crippen LogP contribution < -0.4 is 15.4 Å². The molecule has 0 saturated heterocycles. The lowest BCUT2D eigenvalue weighted by Crippen LogP contribution is -2.34. The van der Waals surface area contributed by atoms with Crippen molar-refractivity contribution >= 4 is 5.91 Å². The Labute approximate surface area is 115 Å². The van der Waals surface area contributed by atoms with Gasteiger partial charge < -0.3 is 15.4 Å². The number of hydrogen-bond acceptors (Lipinski definition) is 3. The number of carbonyl (C=O) groups is 1. The molecule has 0 aliphatic heterocycles. The zero-order chi connectivity index (χ0) is 14.1. The van der Waals surface area contributed by atoms with Crippen molar-refractivity contribution in [2.75, 3.05) is 20.2 Å². The molecule has 19 heavy (non-hydrogen) atoms. The van der Waals surface area contributed by atoms with E-state index in [0.717, 1.165) is 24.3 Å². The van der Waals surface area contributed by atoms with Crippen molar-refractivity contribution in [3.8, 4) is 5.75 Å². The fraction of sp³-hybridized carbons (Fsp3) is 0.533. The van der Waals surface area contributed by atoms with Crippen LogP contribution >= 0.6 is 0 Å². The van der Waals surface area contributed by atoms with Gasteiger partial charge in [0.15, 0.2) is 0 Å². The van der Waals surface area contributed by atoms with Gasteiger partial charge >= 0.3 is 0 Å². The summed E-state index contributed by atoms with van der Waals surface area (Å²) in [4.78, 5) is 11.5. The van der Waals surface area contributed by atoms with E-state index >= 15 is 0 Å². The second-order valence-electron chi connectivity index (χ2n) is 4.98. The summed E-state index contributed by atoms with van der Waals surface area (Å²) in [6.45, 7) is 6.08. The lowest BCUT2D eigenvalue weighted by Gasteiger charge is -2.08. The summed E-state index contributed by atoms with van der Waals surface area (Å²) < 4.78 is 5.09. The smallest absolute Gasteiger partial charge is 0.233 e. The number of rotatable bonds is 8. The van der Waals surface area contributed by atoms with Crippen LogP contribution in [0.15, 0.2) is 24.3 Å². The first-order chi connectivity index (χ1) is 9.11. The van der Waals surface area contributed by atoms with E-state index in [2.05, 4.69) is 24.5 Å². The van der Waals surface area contributed by atoms with Crippen molar-refractivity contribution in [2.45, 2.75) is 26.8 Å². The summed E-state index contributed by atoms with van der Waals surface area (Å²) in [6.07, 6.45) is 1.02. The molecule has 106 valence electrons. The van der Waals surface area contributed by atoms with Gasteiger partial charge in [-0.05, 0) is 30.0 Å². The molecular weight excluding hydrogens is 240 g/mol. The van der Waals surface area contributed by atoms with Crippen LogP contribution in [0.1, 0.15) is 25.8 Å². The quantitative estimate of drug-likeness (QED) is 0.754. The lowest BCUT2D eigenvalue weighted by atomic mass is 10.1. The van der Waals surface area contributed by atoms with E-state index in [1.807, 2.05) is 24.3 Å². The van der Waals surface area contributed by atoms with Crippen molar-refractivity contribution in [3.05, 3.63) is 29.8 Å². The van der Waals surface area contributed by atoms with E-state index in [9.17, 15) is 4.79 Å². The van der Waals surface area contributed by atoms with Crippen LogP contribution in [0.5, 0.6) is 5.75 Å². The second kappa shape index (κ2) is 8.53. The highest BCUT2D eigenvalue weighted by molar-refractivity contribution is 5.77. The third-order valence-corrected chi connectivity index (χ3v) is 2.82. The van der Waals surface area contributed by atoms with Gasteiger partial charge in [0.1, 0.15) is 5.75 Å². The highest BCUT2D eigenvalue weighted by atomic mass is 16.5. The number of carbonyl (C=O) groups excluding carboxylic acids is 1. The van der Waals surface area contributed by atoms with Gasteiger partial charge in [-0.1, -0.05) is 26.0 Å². The van der Waals surface area contributed by atoms with E-state index in [-0.39, 0.29) is 5.91 Å². The second-order valence-corrected chi connectivity index (χ2v) is 4.98. The van der Waals surface area contributed by atoms with Gasteiger partial charge in [0.05, 0.1) is 13.7 Å². The van der Waals surface area contributed by atoms with Crippen LogP contribution in [-0.2, 0) is 11.3 Å². The topological polar surface area (TPSA) is 50.4 Å². The van der Waals surface area contributed by atoms with Gasteiger partial charge in [-0.15, -0.1) is 0 Å². The summed E-state index contributed by atoms with van der Waals surface area (Å²) in [5.41, 5.74) is 1.13. The summed E-state index contributed by atoms with van der Waals surface area (Å²) in [7, 11) is 1.65. The Hall–Kier alpha value is -1.55. The number of nitrogens with one attached hydrogen (secondary N) is 2. The molecule has 0 radical (unpaired) electrons. The van der Waals surface area contributed by atoms with Crippen LogP contribution in [0.25, 0.3) is 0 Å². The summed E-state index contributed by atoms with van der Waals surface area (Å²) >= 11 is 0. The Bertz CT molecular complexity index is 374. The predicted octanol–water partition coefficient (Wildman–Crippen LogP) is 1.95. The Kier molecular flexibility index (Phi) is 6.97. The number of hydrogen-bond donors (Lipinski definition) is 2. The van der Waals surface area contributed by atoms with Crippen molar-refractivity contribution in [2.24, 2.45) is 5.92 Å². The molecule has 0 atom stereocenters. The zero-order valence-electron chi connectivity index (χ0n) is 12.0. The summed E-state index contributed by atoms with van der Waals surface area (Å²) in [5, 5.41) is 6.02. The molecule has 0 saturated carbocycles. The van der Waals surface area contributed by atoms with Gasteiger partial charge in [0.25, 0.3) is 0 Å². The molecular formula is C15H24N2O2. The third-order valence-electron chi connectivity index (χ3n) is 2.82. The minimum atomic E-state index is 0.0501. The molecule has 4 heteroatoms. The molecule has 1 amide bonds. The molecule has 2 N–H and O–H groups in total. The van der Waals surface area contributed by atoms with E-state index in [1.54, 1.807) is 7.11 Å². The molecule has 0 heterocycles. The van der Waals surface area contributed by atoms with Crippen LogP contribution in [0.2, 0.25) is 0 Å². The van der Waals surface area contributed by atoms with Gasteiger partial charge in [-0.3, -0.25) is 4.79 Å². The average molecular weight is 264 g/mol. The summed E-state index contributed by atoms with van der Waals surface area (Å²) in [6, 6.07) is 7.81. The van der Waals surface area contributed by atoms with Crippen LogP contribution in [-0.4, -0.2) is 26.1 Å². The van der Waals surface area contributed by atoms with Crippen LogP contribution in [0.3, 0.4) is 0 Å². The minimum Gasteiger partial charge on any atom is -0.497 e. The first-order valence-corrected chi connectivity index (χ1v) is 6.72. The number of ether oxygens (including phenoxy) is 1. The fourth-order valence-corrected chi connectivity index (χ4v) is 1.63. The van der Waals surface area contributed by atoms with E-state index in [1.165, 1.54) is 0 Å². The van der Waals surface area contributed by atoms with Gasteiger partial charge in [0, 0.05) is 13.1 Å². The standard InChI is InChI=1S/C15H24N2O2/c1-12(2)8-9-17-15(18)11-16-10-13-4-6-14(19-3)7-5-13/h4-7,12,16H,8-11H2,1-3H3,(H,17,18). The van der Waals surface area contributed by atoms with E-state index < -0.39 is 0 Å². The highest BCUT2D eigenvalue weighted by Gasteiger charge is 2.01. The molecule has 1 aromatic rings. The van der Waals surface area contributed by atoms with E-state index in [0.29, 0.717) is 19.0 Å². The molecule has 0 aliphatic rings. The molecule has 1 rings (SSSR count). The Balaban J connectivity index is 2.16.